The Morgan fingerprint density at radius 2 is 2.00 bits per heavy atom. The summed E-state index contributed by atoms with van der Waals surface area (Å²) in [5.74, 6) is 3.09. The fourth-order valence-electron chi connectivity index (χ4n) is 1.57. The van der Waals surface area contributed by atoms with Crippen LogP contribution in [0.3, 0.4) is 0 Å². The Morgan fingerprint density at radius 3 is 2.55 bits per heavy atom. The molecule has 0 amide bonds. The molecule has 0 nitrogen and oxygen atoms in total. The number of thiol groups is 1. The zero-order chi connectivity index (χ0) is 8.10. The van der Waals surface area contributed by atoms with Crippen LogP contribution < -0.4 is 0 Å². The molecule has 0 spiro atoms. The van der Waals surface area contributed by atoms with Crippen molar-refractivity contribution in [3.05, 3.63) is 9.88 Å². The van der Waals surface area contributed by atoms with Crippen molar-refractivity contribution in [3.8, 4) is 0 Å². The van der Waals surface area contributed by atoms with Crippen molar-refractivity contribution in [2.45, 2.75) is 37.9 Å². The first kappa shape index (κ1) is 9.70. The van der Waals surface area contributed by atoms with Gasteiger partial charge in [-0.05, 0) is 0 Å². The van der Waals surface area contributed by atoms with Crippen molar-refractivity contribution in [1.82, 2.24) is 0 Å². The maximum atomic E-state index is 4.43. The summed E-state index contributed by atoms with van der Waals surface area (Å²) >= 11 is 5.04. The zero-order valence-corrected chi connectivity index (χ0v) is 9.65. The summed E-state index contributed by atoms with van der Waals surface area (Å²) in [6.07, 6.45) is 9.50. The van der Waals surface area contributed by atoms with Gasteiger partial charge in [0.05, 0.1) is 0 Å². The monoisotopic (exact) mass is 236 g/mol. The van der Waals surface area contributed by atoms with Gasteiger partial charge in [-0.3, -0.25) is 0 Å². The van der Waals surface area contributed by atoms with Crippen LogP contribution in [0.2, 0.25) is 5.82 Å². The Kier molecular flexibility index (Phi) is 4.66. The molecule has 1 saturated carbocycles. The number of hydrogen-bond acceptors (Lipinski definition) is 1. The van der Waals surface area contributed by atoms with Crippen molar-refractivity contribution in [3.63, 3.8) is 0 Å². The molecular formula is C9H16SSe. The summed E-state index contributed by atoms with van der Waals surface area (Å²) in [6.45, 7) is 0. The minimum atomic E-state index is 0.612. The molecule has 11 heavy (non-hydrogen) atoms. The van der Waals surface area contributed by atoms with Crippen LogP contribution in [0.15, 0.2) is 9.88 Å². The summed E-state index contributed by atoms with van der Waals surface area (Å²) in [6, 6.07) is 0. The van der Waals surface area contributed by atoms with Gasteiger partial charge in [-0.25, -0.2) is 0 Å². The third kappa shape index (κ3) is 3.68. The van der Waals surface area contributed by atoms with E-state index in [-0.39, 0.29) is 0 Å². The molecule has 0 atom stereocenters. The van der Waals surface area contributed by atoms with Crippen LogP contribution in [-0.2, 0) is 0 Å². The van der Waals surface area contributed by atoms with E-state index in [0.29, 0.717) is 15.0 Å². The summed E-state index contributed by atoms with van der Waals surface area (Å²) in [5.41, 5.74) is 0. The fourth-order valence-corrected chi connectivity index (χ4v) is 2.47. The van der Waals surface area contributed by atoms with Crippen LogP contribution in [0.5, 0.6) is 0 Å². The van der Waals surface area contributed by atoms with Gasteiger partial charge in [-0.1, -0.05) is 0 Å². The van der Waals surface area contributed by atoms with E-state index in [2.05, 4.69) is 24.5 Å². The van der Waals surface area contributed by atoms with Crippen molar-refractivity contribution in [1.29, 1.82) is 0 Å². The molecule has 0 aliphatic heterocycles. The molecule has 0 bridgehead atoms. The molecule has 0 aromatic heterocycles. The summed E-state index contributed by atoms with van der Waals surface area (Å²) < 4.78 is 1.34. The van der Waals surface area contributed by atoms with E-state index in [4.69, 9.17) is 0 Å². The van der Waals surface area contributed by atoms with Crippen molar-refractivity contribution in [2.24, 2.45) is 5.92 Å². The predicted octanol–water partition coefficient (Wildman–Crippen LogP) is 3.09. The molecule has 1 aliphatic rings. The van der Waals surface area contributed by atoms with Crippen LogP contribution in [0, 0.1) is 5.92 Å². The standard InChI is InChI=1S/C9H16SSe/c1-11-9(10)7-8-5-3-2-4-6-8/h7-8,10H,2-6H2,1H3/b9-7-. The van der Waals surface area contributed by atoms with Crippen LogP contribution >= 0.6 is 12.6 Å². The van der Waals surface area contributed by atoms with Gasteiger partial charge in [0.25, 0.3) is 0 Å². The van der Waals surface area contributed by atoms with E-state index >= 15 is 0 Å². The normalized spacial score (nSPS) is 22.2. The van der Waals surface area contributed by atoms with Gasteiger partial charge >= 0.3 is 81.3 Å². The van der Waals surface area contributed by atoms with Gasteiger partial charge < -0.3 is 0 Å². The zero-order valence-electron chi connectivity index (χ0n) is 7.05. The molecule has 0 saturated heterocycles. The Bertz CT molecular complexity index is 136. The third-order valence-electron chi connectivity index (χ3n) is 2.24. The van der Waals surface area contributed by atoms with E-state index < -0.39 is 0 Å². The van der Waals surface area contributed by atoms with E-state index in [1.165, 1.54) is 35.9 Å². The molecule has 1 fully saturated rings. The number of rotatable bonds is 2. The second-order valence-electron chi connectivity index (χ2n) is 3.11. The molecule has 1 aliphatic carbocycles. The van der Waals surface area contributed by atoms with Crippen molar-refractivity contribution in [2.75, 3.05) is 0 Å². The SMILES string of the molecule is C[Se]/C(S)=C\C1CCCCC1. The number of allylic oxidation sites excluding steroid dienone is 1. The molecule has 0 radical (unpaired) electrons. The molecule has 1 rings (SSSR count). The quantitative estimate of drug-likeness (QED) is 0.552. The van der Waals surface area contributed by atoms with E-state index in [1.54, 1.807) is 0 Å². The first-order chi connectivity index (χ1) is 5.33. The van der Waals surface area contributed by atoms with Crippen LogP contribution in [-0.4, -0.2) is 15.0 Å². The minimum absolute atomic E-state index is 0.612. The molecule has 2 heteroatoms. The first-order valence-electron chi connectivity index (χ1n) is 4.27. The fraction of sp³-hybridized carbons (Fsp3) is 0.778. The topological polar surface area (TPSA) is 0 Å². The predicted molar refractivity (Wildman–Crippen MR) is 55.3 cm³/mol. The van der Waals surface area contributed by atoms with Crippen molar-refractivity contribution >= 4 is 27.6 Å². The van der Waals surface area contributed by atoms with Crippen molar-refractivity contribution < 1.29 is 0 Å². The van der Waals surface area contributed by atoms with Crippen LogP contribution in [0.4, 0.5) is 0 Å². The average molecular weight is 235 g/mol. The van der Waals surface area contributed by atoms with Crippen LogP contribution in [0.1, 0.15) is 32.1 Å². The molecule has 0 unspecified atom stereocenters. The van der Waals surface area contributed by atoms with Gasteiger partial charge in [0.2, 0.25) is 0 Å². The molecule has 0 N–H and O–H groups in total. The first-order valence-corrected chi connectivity index (χ1v) is 7.29. The summed E-state index contributed by atoms with van der Waals surface area (Å²) in [5, 5.41) is 0. The summed E-state index contributed by atoms with van der Waals surface area (Å²) in [7, 11) is 0. The summed E-state index contributed by atoms with van der Waals surface area (Å²) in [4.78, 5) is 0. The second kappa shape index (κ2) is 5.29. The molecule has 0 aromatic rings. The average Bonchev–Trinajstić information content (AvgIpc) is 2.06. The molecular weight excluding hydrogens is 219 g/mol. The molecule has 0 heterocycles. The molecule has 64 valence electrons. The Morgan fingerprint density at radius 1 is 1.36 bits per heavy atom. The maximum absolute atomic E-state index is 4.43. The Labute approximate surface area is 81.4 Å². The van der Waals surface area contributed by atoms with Gasteiger partial charge in [0.15, 0.2) is 0 Å². The van der Waals surface area contributed by atoms with Gasteiger partial charge in [0, 0.05) is 0 Å². The van der Waals surface area contributed by atoms with E-state index in [9.17, 15) is 0 Å². The Balaban J connectivity index is 2.34. The van der Waals surface area contributed by atoms with E-state index in [0.717, 1.165) is 5.92 Å². The van der Waals surface area contributed by atoms with Gasteiger partial charge in [-0.2, -0.15) is 0 Å². The second-order valence-corrected chi connectivity index (χ2v) is 6.05. The Hall–Kier alpha value is 0.609. The third-order valence-corrected chi connectivity index (χ3v) is 4.50. The van der Waals surface area contributed by atoms with Gasteiger partial charge in [-0.15, -0.1) is 0 Å². The number of hydrogen-bond donors (Lipinski definition) is 1. The van der Waals surface area contributed by atoms with Crippen LogP contribution in [0.25, 0.3) is 0 Å². The molecule has 0 aromatic carbocycles. The van der Waals surface area contributed by atoms with Gasteiger partial charge in [0.1, 0.15) is 0 Å². The van der Waals surface area contributed by atoms with E-state index in [1.807, 2.05) is 0 Å².